The highest BCUT2D eigenvalue weighted by molar-refractivity contribution is 7.09. The summed E-state index contributed by atoms with van der Waals surface area (Å²) < 4.78 is 12.2. The van der Waals surface area contributed by atoms with Crippen molar-refractivity contribution in [2.45, 2.75) is 57.3 Å². The van der Waals surface area contributed by atoms with Crippen LogP contribution in [0.25, 0.3) is 0 Å². The highest BCUT2D eigenvalue weighted by Gasteiger charge is 2.46. The molecule has 2 aliphatic heterocycles. The van der Waals surface area contributed by atoms with Crippen LogP contribution in [0.5, 0.6) is 0 Å². The topological polar surface area (TPSA) is 34.6 Å². The van der Waals surface area contributed by atoms with Crippen LogP contribution in [-0.2, 0) is 16.1 Å². The number of nitrogens with zero attached hydrogens (tertiary/aromatic N) is 2. The highest BCUT2D eigenvalue weighted by Crippen LogP contribution is 2.38. The van der Waals surface area contributed by atoms with E-state index in [1.165, 1.54) is 38.8 Å². The SMILES string of the molecule is Cc1nc(CO[C@H]2CO[C@@]3(CCN(CC4CCC4)C3)C2)cs1. The molecule has 0 amide bonds. The molecule has 2 saturated heterocycles. The summed E-state index contributed by atoms with van der Waals surface area (Å²) in [5.41, 5.74) is 1.13. The first-order chi connectivity index (χ1) is 10.7. The second-order valence-electron chi connectivity index (χ2n) is 7.27. The van der Waals surface area contributed by atoms with Crippen LogP contribution in [0.1, 0.15) is 42.8 Å². The number of aromatic nitrogens is 1. The lowest BCUT2D eigenvalue weighted by Gasteiger charge is -2.31. The van der Waals surface area contributed by atoms with Gasteiger partial charge in [0, 0.05) is 31.4 Å². The van der Waals surface area contributed by atoms with E-state index >= 15 is 0 Å². The molecule has 3 heterocycles. The molecule has 1 aromatic heterocycles. The van der Waals surface area contributed by atoms with E-state index in [1.54, 1.807) is 11.3 Å². The monoisotopic (exact) mass is 322 g/mol. The third-order valence-electron chi connectivity index (χ3n) is 5.45. The Hall–Kier alpha value is -0.490. The van der Waals surface area contributed by atoms with Gasteiger partial charge < -0.3 is 14.4 Å². The summed E-state index contributed by atoms with van der Waals surface area (Å²) in [5.74, 6) is 0.955. The molecule has 0 N–H and O–H groups in total. The van der Waals surface area contributed by atoms with Gasteiger partial charge in [-0.1, -0.05) is 6.42 Å². The molecule has 3 fully saturated rings. The van der Waals surface area contributed by atoms with E-state index in [0.29, 0.717) is 6.61 Å². The molecule has 4 rings (SSSR count). The normalized spacial score (nSPS) is 32.9. The molecule has 0 aromatic carbocycles. The van der Waals surface area contributed by atoms with Gasteiger partial charge in [0.1, 0.15) is 0 Å². The number of rotatable bonds is 5. The smallest absolute Gasteiger partial charge is 0.0901 e. The van der Waals surface area contributed by atoms with Gasteiger partial charge in [0.15, 0.2) is 0 Å². The van der Waals surface area contributed by atoms with Crippen molar-refractivity contribution in [3.8, 4) is 0 Å². The molecule has 0 radical (unpaired) electrons. The van der Waals surface area contributed by atoms with Crippen molar-refractivity contribution in [1.82, 2.24) is 9.88 Å². The second-order valence-corrected chi connectivity index (χ2v) is 8.33. The van der Waals surface area contributed by atoms with Gasteiger partial charge in [-0.2, -0.15) is 0 Å². The van der Waals surface area contributed by atoms with Crippen molar-refractivity contribution in [1.29, 1.82) is 0 Å². The molecule has 1 aliphatic carbocycles. The van der Waals surface area contributed by atoms with Gasteiger partial charge in [0.2, 0.25) is 0 Å². The van der Waals surface area contributed by atoms with Crippen molar-refractivity contribution in [3.05, 3.63) is 16.1 Å². The van der Waals surface area contributed by atoms with Gasteiger partial charge in [-0.05, 0) is 32.1 Å². The Morgan fingerprint density at radius 2 is 2.41 bits per heavy atom. The van der Waals surface area contributed by atoms with Gasteiger partial charge >= 0.3 is 0 Å². The molecule has 5 heteroatoms. The molecule has 1 saturated carbocycles. The maximum Gasteiger partial charge on any atom is 0.0901 e. The largest absolute Gasteiger partial charge is 0.371 e. The maximum atomic E-state index is 6.19. The average Bonchev–Trinajstić information content (AvgIpc) is 3.15. The van der Waals surface area contributed by atoms with Crippen molar-refractivity contribution in [2.75, 3.05) is 26.2 Å². The minimum Gasteiger partial charge on any atom is -0.371 e. The second kappa shape index (κ2) is 6.19. The van der Waals surface area contributed by atoms with Crippen LogP contribution in [0.2, 0.25) is 0 Å². The van der Waals surface area contributed by atoms with Crippen LogP contribution in [0.4, 0.5) is 0 Å². The number of likely N-dealkylation sites (tertiary alicyclic amines) is 1. The van der Waals surface area contributed by atoms with E-state index in [9.17, 15) is 0 Å². The van der Waals surface area contributed by atoms with Crippen LogP contribution in [0.3, 0.4) is 0 Å². The van der Waals surface area contributed by atoms with E-state index in [-0.39, 0.29) is 11.7 Å². The first-order valence-electron chi connectivity index (χ1n) is 8.60. The van der Waals surface area contributed by atoms with Crippen molar-refractivity contribution in [3.63, 3.8) is 0 Å². The Bertz CT molecular complexity index is 517. The maximum absolute atomic E-state index is 6.19. The Labute approximate surface area is 136 Å². The number of hydrogen-bond donors (Lipinski definition) is 0. The van der Waals surface area contributed by atoms with Crippen molar-refractivity contribution < 1.29 is 9.47 Å². The Morgan fingerprint density at radius 3 is 3.14 bits per heavy atom. The van der Waals surface area contributed by atoms with Gasteiger partial charge in [0.05, 0.1) is 35.6 Å². The average molecular weight is 322 g/mol. The van der Waals surface area contributed by atoms with E-state index in [1.807, 2.05) is 6.92 Å². The minimum atomic E-state index is 0.0758. The Kier molecular flexibility index (Phi) is 4.24. The van der Waals surface area contributed by atoms with Crippen LogP contribution in [-0.4, -0.2) is 47.8 Å². The number of thiazole rings is 1. The number of aryl methyl sites for hydroxylation is 1. The van der Waals surface area contributed by atoms with Crippen LogP contribution < -0.4 is 0 Å². The predicted molar refractivity (Wildman–Crippen MR) is 87.1 cm³/mol. The van der Waals surface area contributed by atoms with E-state index < -0.39 is 0 Å². The molecule has 3 aliphatic rings. The summed E-state index contributed by atoms with van der Waals surface area (Å²) in [6.07, 6.45) is 6.77. The zero-order valence-corrected chi connectivity index (χ0v) is 14.2. The van der Waals surface area contributed by atoms with Gasteiger partial charge in [0.25, 0.3) is 0 Å². The minimum absolute atomic E-state index is 0.0758. The number of ether oxygens (including phenoxy) is 2. The molecule has 1 aromatic rings. The molecular weight excluding hydrogens is 296 g/mol. The molecule has 0 unspecified atom stereocenters. The fourth-order valence-electron chi connectivity index (χ4n) is 4.00. The first kappa shape index (κ1) is 15.1. The fourth-order valence-corrected chi connectivity index (χ4v) is 4.59. The number of hydrogen-bond acceptors (Lipinski definition) is 5. The molecular formula is C17H26N2O2S. The van der Waals surface area contributed by atoms with E-state index in [2.05, 4.69) is 15.3 Å². The predicted octanol–water partition coefficient (Wildman–Crippen LogP) is 3.00. The first-order valence-corrected chi connectivity index (χ1v) is 9.48. The summed E-state index contributed by atoms with van der Waals surface area (Å²) in [4.78, 5) is 7.09. The molecule has 22 heavy (non-hydrogen) atoms. The quantitative estimate of drug-likeness (QED) is 0.835. The van der Waals surface area contributed by atoms with Crippen molar-refractivity contribution in [2.24, 2.45) is 5.92 Å². The van der Waals surface area contributed by atoms with Crippen LogP contribution in [0, 0.1) is 12.8 Å². The Morgan fingerprint density at radius 1 is 1.50 bits per heavy atom. The Balaban J connectivity index is 1.25. The summed E-state index contributed by atoms with van der Waals surface area (Å²) in [6, 6.07) is 0. The third-order valence-corrected chi connectivity index (χ3v) is 6.27. The van der Waals surface area contributed by atoms with Gasteiger partial charge in [-0.15, -0.1) is 11.3 Å². The van der Waals surface area contributed by atoms with Crippen molar-refractivity contribution >= 4 is 11.3 Å². The summed E-state index contributed by atoms with van der Waals surface area (Å²) in [6.45, 7) is 7.01. The lowest BCUT2D eigenvalue weighted by atomic mass is 9.85. The molecule has 0 bridgehead atoms. The lowest BCUT2D eigenvalue weighted by Crippen LogP contribution is -2.36. The summed E-state index contributed by atoms with van der Waals surface area (Å²) in [7, 11) is 0. The standard InChI is InChI=1S/C17H26N2O2S/c1-13-18-15(11-22-13)9-20-16-7-17(21-10-16)5-6-19(12-17)8-14-3-2-4-14/h11,14,16H,2-10,12H2,1H3/t16-,17+/m1/s1. The van der Waals surface area contributed by atoms with Crippen LogP contribution in [0.15, 0.2) is 5.38 Å². The fraction of sp³-hybridized carbons (Fsp3) is 0.824. The lowest BCUT2D eigenvalue weighted by molar-refractivity contribution is -0.00161. The third kappa shape index (κ3) is 3.23. The molecule has 2 atom stereocenters. The van der Waals surface area contributed by atoms with Gasteiger partial charge in [-0.25, -0.2) is 4.98 Å². The zero-order chi connectivity index (χ0) is 15.0. The van der Waals surface area contributed by atoms with E-state index in [4.69, 9.17) is 9.47 Å². The molecule has 122 valence electrons. The summed E-state index contributed by atoms with van der Waals surface area (Å²) >= 11 is 1.69. The zero-order valence-electron chi connectivity index (χ0n) is 13.4. The summed E-state index contributed by atoms with van der Waals surface area (Å²) in [5, 5.41) is 3.21. The van der Waals surface area contributed by atoms with E-state index in [0.717, 1.165) is 36.2 Å². The van der Waals surface area contributed by atoms with Gasteiger partial charge in [-0.3, -0.25) is 0 Å². The molecule has 1 spiro atoms. The van der Waals surface area contributed by atoms with Crippen LogP contribution >= 0.6 is 11.3 Å². The molecule has 4 nitrogen and oxygen atoms in total. The highest BCUT2D eigenvalue weighted by atomic mass is 32.1.